The van der Waals surface area contributed by atoms with Crippen LogP contribution in [0.3, 0.4) is 0 Å². The SMILES string of the molecule is CC(C)(C)c1ccc2c(c1)C1(c3ccccc3Oc3ccc(N(c4ccc5c(c4)C(c4ccccc4)(c4ccccc4)c4ccccc4-5)c4cccc5oc6ccccc6c45)cc31)c1cc(C(C)(C)C)ccc1-2. The molecule has 0 atom stereocenters. The number of hydrogen-bond donors (Lipinski definition) is 0. The molecular weight excluding hydrogens is 887 g/mol. The van der Waals surface area contributed by atoms with Crippen LogP contribution in [0.2, 0.25) is 0 Å². The molecule has 0 unspecified atom stereocenters. The lowest BCUT2D eigenvalue weighted by molar-refractivity contribution is 0.436. The Morgan fingerprint density at radius 2 is 0.849 bits per heavy atom. The Kier molecular flexibility index (Phi) is 9.24. The lowest BCUT2D eigenvalue weighted by atomic mass is 9.65. The number of nitrogens with zero attached hydrogens (tertiary/aromatic N) is 1. The van der Waals surface area contributed by atoms with Gasteiger partial charge in [-0.1, -0.05) is 211 Å². The largest absolute Gasteiger partial charge is 0.457 e. The van der Waals surface area contributed by atoms with Crippen molar-refractivity contribution in [3.05, 3.63) is 280 Å². The zero-order valence-corrected chi connectivity index (χ0v) is 42.1. The summed E-state index contributed by atoms with van der Waals surface area (Å²) in [6.45, 7) is 13.9. The van der Waals surface area contributed by atoms with E-state index < -0.39 is 10.8 Å². The molecule has 0 saturated heterocycles. The second-order valence-electron chi connectivity index (χ2n) is 22.4. The van der Waals surface area contributed by atoms with Crippen LogP contribution in [0, 0.1) is 0 Å². The Bertz CT molecular complexity index is 3930. The molecule has 0 saturated carbocycles. The van der Waals surface area contributed by atoms with Crippen molar-refractivity contribution in [1.29, 1.82) is 0 Å². The van der Waals surface area contributed by atoms with Gasteiger partial charge >= 0.3 is 0 Å². The quantitative estimate of drug-likeness (QED) is 0.172. The van der Waals surface area contributed by atoms with Crippen LogP contribution in [0.25, 0.3) is 44.2 Å². The Balaban J connectivity index is 1.09. The minimum Gasteiger partial charge on any atom is -0.457 e. The summed E-state index contributed by atoms with van der Waals surface area (Å²) < 4.78 is 13.8. The van der Waals surface area contributed by atoms with Crippen molar-refractivity contribution in [2.24, 2.45) is 0 Å². The molecule has 14 rings (SSSR count). The molecule has 1 aromatic heterocycles. The first-order valence-corrected chi connectivity index (χ1v) is 25.7. The first kappa shape index (κ1) is 43.4. The summed E-state index contributed by atoms with van der Waals surface area (Å²) in [5.74, 6) is 1.73. The van der Waals surface area contributed by atoms with E-state index in [0.717, 1.165) is 61.6 Å². The van der Waals surface area contributed by atoms with Crippen molar-refractivity contribution in [3.63, 3.8) is 0 Å². The van der Waals surface area contributed by atoms with Crippen LogP contribution in [0.5, 0.6) is 11.5 Å². The van der Waals surface area contributed by atoms with Gasteiger partial charge in [-0.3, -0.25) is 0 Å². The van der Waals surface area contributed by atoms with Crippen LogP contribution in [0.1, 0.15) is 97.2 Å². The molecule has 1 spiro atoms. The number of furan rings is 1. The summed E-state index contributed by atoms with van der Waals surface area (Å²) >= 11 is 0. The zero-order chi connectivity index (χ0) is 49.4. The monoisotopic (exact) mass is 941 g/mol. The second kappa shape index (κ2) is 15.6. The summed E-state index contributed by atoms with van der Waals surface area (Å²) in [7, 11) is 0. The molecule has 2 heterocycles. The van der Waals surface area contributed by atoms with Crippen molar-refractivity contribution in [2.75, 3.05) is 4.90 Å². The first-order valence-electron chi connectivity index (χ1n) is 25.7. The minimum atomic E-state index is -0.706. The Hall–Kier alpha value is -8.40. The maximum absolute atomic E-state index is 7.14. The molecular formula is C70H55NO2. The van der Waals surface area contributed by atoms with Gasteiger partial charge in [-0.2, -0.15) is 0 Å². The van der Waals surface area contributed by atoms with Crippen LogP contribution < -0.4 is 9.64 Å². The highest BCUT2D eigenvalue weighted by atomic mass is 16.5. The number of benzene rings is 10. The molecule has 73 heavy (non-hydrogen) atoms. The van der Waals surface area contributed by atoms with Gasteiger partial charge in [0.15, 0.2) is 0 Å². The van der Waals surface area contributed by atoms with Crippen molar-refractivity contribution in [3.8, 4) is 33.8 Å². The number of hydrogen-bond acceptors (Lipinski definition) is 3. The molecule has 3 heteroatoms. The van der Waals surface area contributed by atoms with E-state index >= 15 is 0 Å². The van der Waals surface area contributed by atoms with E-state index in [9.17, 15) is 0 Å². The van der Waals surface area contributed by atoms with E-state index in [1.165, 1.54) is 66.8 Å². The number of rotatable bonds is 5. The third-order valence-electron chi connectivity index (χ3n) is 16.3. The molecule has 1 aliphatic heterocycles. The average Bonchev–Trinajstić information content (AvgIpc) is 4.04. The highest BCUT2D eigenvalue weighted by molar-refractivity contribution is 6.13. The Morgan fingerprint density at radius 1 is 0.356 bits per heavy atom. The Morgan fingerprint density at radius 3 is 1.51 bits per heavy atom. The standard InChI is InChI=1S/C70H55NO2/c1-67(2,3)46-32-36-51-52-37-33-47(68(4,5)6)41-58(52)70(57(51)40-46)56-27-16-18-30-63(56)73-64-39-35-49(43-60(64)70)71(61-28-19-31-65-66(61)54-25-14-17-29-62(54)72-65)48-34-38-53-50-24-13-15-26-55(50)69(59(53)42-48,44-20-9-7-10-21-44)45-22-11-8-12-23-45/h7-43H,1-6H3. The van der Waals surface area contributed by atoms with Gasteiger partial charge in [-0.15, -0.1) is 0 Å². The van der Waals surface area contributed by atoms with Crippen LogP contribution in [-0.2, 0) is 21.7 Å². The van der Waals surface area contributed by atoms with E-state index in [0.29, 0.717) is 0 Å². The molecule has 2 aliphatic carbocycles. The van der Waals surface area contributed by atoms with Gasteiger partial charge in [0.05, 0.1) is 21.9 Å². The summed E-state index contributed by atoms with van der Waals surface area (Å²) in [5, 5.41) is 2.14. The molecule has 0 fully saturated rings. The highest BCUT2D eigenvalue weighted by Gasteiger charge is 2.52. The fourth-order valence-corrected chi connectivity index (χ4v) is 12.9. The van der Waals surface area contributed by atoms with Crippen molar-refractivity contribution in [1.82, 2.24) is 0 Å². The smallest absolute Gasteiger partial charge is 0.137 e. The predicted molar refractivity (Wildman–Crippen MR) is 300 cm³/mol. The predicted octanol–water partition coefficient (Wildman–Crippen LogP) is 18.5. The molecule has 0 N–H and O–H groups in total. The molecule has 352 valence electrons. The van der Waals surface area contributed by atoms with E-state index in [1.807, 2.05) is 0 Å². The van der Waals surface area contributed by atoms with Gasteiger partial charge < -0.3 is 14.1 Å². The fraction of sp³-hybridized carbons (Fsp3) is 0.143. The lowest BCUT2D eigenvalue weighted by Crippen LogP contribution is -2.33. The molecule has 0 bridgehead atoms. The van der Waals surface area contributed by atoms with Crippen LogP contribution in [0.15, 0.2) is 229 Å². The molecule has 3 nitrogen and oxygen atoms in total. The maximum atomic E-state index is 7.14. The third-order valence-corrected chi connectivity index (χ3v) is 16.3. The first-order chi connectivity index (χ1) is 35.5. The average molecular weight is 942 g/mol. The van der Waals surface area contributed by atoms with E-state index in [2.05, 4.69) is 271 Å². The number of ether oxygens (including phenoxy) is 1. The van der Waals surface area contributed by atoms with Crippen molar-refractivity contribution < 1.29 is 9.15 Å². The summed E-state index contributed by atoms with van der Waals surface area (Å²) in [6.07, 6.45) is 0. The maximum Gasteiger partial charge on any atom is 0.137 e. The highest BCUT2D eigenvalue weighted by Crippen LogP contribution is 2.64. The normalized spacial score (nSPS) is 14.5. The van der Waals surface area contributed by atoms with Gasteiger partial charge in [0.25, 0.3) is 0 Å². The van der Waals surface area contributed by atoms with Crippen LogP contribution >= 0.6 is 0 Å². The van der Waals surface area contributed by atoms with Gasteiger partial charge in [-0.25, -0.2) is 0 Å². The zero-order valence-electron chi connectivity index (χ0n) is 42.1. The van der Waals surface area contributed by atoms with Crippen LogP contribution in [-0.4, -0.2) is 0 Å². The number of fused-ring (bicyclic) bond motifs is 15. The second-order valence-corrected chi connectivity index (χ2v) is 22.4. The number of para-hydroxylation sites is 2. The summed E-state index contributed by atoms with van der Waals surface area (Å²) in [4.78, 5) is 2.48. The van der Waals surface area contributed by atoms with Crippen molar-refractivity contribution >= 4 is 39.0 Å². The summed E-state index contributed by atoms with van der Waals surface area (Å²) in [6, 6.07) is 83.4. The molecule has 11 aromatic rings. The van der Waals surface area contributed by atoms with Gasteiger partial charge in [0.2, 0.25) is 0 Å². The fourth-order valence-electron chi connectivity index (χ4n) is 12.9. The third kappa shape index (κ3) is 6.12. The van der Waals surface area contributed by atoms with E-state index in [-0.39, 0.29) is 10.8 Å². The van der Waals surface area contributed by atoms with Crippen LogP contribution in [0.4, 0.5) is 17.1 Å². The lowest BCUT2D eigenvalue weighted by Gasteiger charge is -2.41. The number of anilines is 3. The molecule has 0 amide bonds. The molecule has 10 aromatic carbocycles. The summed E-state index contributed by atoms with van der Waals surface area (Å²) in [5.41, 5.74) is 20.8. The van der Waals surface area contributed by atoms with Gasteiger partial charge in [-0.05, 0) is 132 Å². The molecule has 0 radical (unpaired) electrons. The van der Waals surface area contributed by atoms with E-state index in [4.69, 9.17) is 9.15 Å². The Labute approximate surface area is 428 Å². The van der Waals surface area contributed by atoms with Crippen molar-refractivity contribution in [2.45, 2.75) is 63.2 Å². The van der Waals surface area contributed by atoms with Gasteiger partial charge in [0, 0.05) is 27.9 Å². The topological polar surface area (TPSA) is 25.6 Å². The van der Waals surface area contributed by atoms with Gasteiger partial charge in [0.1, 0.15) is 22.7 Å². The molecule has 3 aliphatic rings. The van der Waals surface area contributed by atoms with E-state index in [1.54, 1.807) is 0 Å². The minimum absolute atomic E-state index is 0.0816.